The van der Waals surface area contributed by atoms with Crippen LogP contribution >= 0.6 is 0 Å². The number of piperazine rings is 3. The third-order valence-corrected chi connectivity index (χ3v) is 20.1. The number of anilines is 9. The predicted molar refractivity (Wildman–Crippen MR) is 399 cm³/mol. The van der Waals surface area contributed by atoms with E-state index in [4.69, 9.17) is 19.7 Å². The normalized spacial score (nSPS) is 16.0. The van der Waals surface area contributed by atoms with E-state index < -0.39 is 0 Å². The van der Waals surface area contributed by atoms with E-state index in [2.05, 4.69) is 161 Å². The van der Waals surface area contributed by atoms with Crippen molar-refractivity contribution >= 4 is 102 Å². The molecule has 0 radical (unpaired) electrons. The first-order chi connectivity index (χ1) is 49.9. The van der Waals surface area contributed by atoms with Gasteiger partial charge < -0.3 is 81.0 Å². The van der Waals surface area contributed by atoms with Gasteiger partial charge in [0.2, 0.25) is 0 Å². The maximum absolute atomic E-state index is 12.8. The Labute approximate surface area is 588 Å². The Kier molecular flexibility index (Phi) is 17.5. The van der Waals surface area contributed by atoms with E-state index in [1.54, 1.807) is 31.9 Å². The average molecular weight is 1360 g/mol. The molecule has 0 spiro atoms. The molecule has 0 atom stereocenters. The van der Waals surface area contributed by atoms with Crippen molar-refractivity contribution in [1.29, 1.82) is 0 Å². The van der Waals surface area contributed by atoms with Crippen LogP contribution in [0.25, 0.3) is 66.6 Å². The summed E-state index contributed by atoms with van der Waals surface area (Å²) in [5.74, 6) is 2.50. The van der Waals surface area contributed by atoms with Gasteiger partial charge in [-0.3, -0.25) is 29.3 Å². The minimum Gasteiger partial charge on any atom is -0.495 e. The maximum atomic E-state index is 12.8. The standard InChI is InChI=1S/C26H27N7O2.C26H27N7O.C24H24N8O/c1-32-8-10-33(11-9-32)16-6-7-22(27-12-16)31-20-15-29-24(19-14-30-26(34)23(19)20)18-13-28-25-17(18)4-3-5-21(25)35-2;1-16-3-5-18-19(13-27-21(18)11-16)25-20-14-30-26(34)24(20)22(15-29-25)31-23-6-4-17(12-28-23)33-9-7-32(2)8-10-33;1-31-7-9-32(10-8-31)15-4-5-20(26-11-15)30-19-14-27-22(18-13-29-24(33)21(18)19)17-12-28-23-16(17)3-2-6-25-23/h3-7,12-13,15,28H,8-11,14H2,1-2H3,(H,27,31)(H,30,34);3-6,11-13,15,27H,7-10,14H2,1-2H3,(H,28,31)(H,30,34);2-6,11-12,14H,7-10,13H2,1H3,(H,25,28)(H,26,30)(H,29,33). The van der Waals surface area contributed by atoms with Crippen molar-refractivity contribution in [3.63, 3.8) is 0 Å². The Morgan fingerprint density at radius 2 is 0.843 bits per heavy atom. The molecule has 516 valence electrons. The van der Waals surface area contributed by atoms with Crippen molar-refractivity contribution in [2.75, 3.05) is 137 Å². The smallest absolute Gasteiger partial charge is 0.254 e. The van der Waals surface area contributed by atoms with Crippen LogP contribution in [-0.4, -0.2) is 189 Å². The van der Waals surface area contributed by atoms with Gasteiger partial charge in [0.05, 0.1) is 118 Å². The molecule has 9 N–H and O–H groups in total. The Morgan fingerprint density at radius 1 is 0.422 bits per heavy atom. The summed E-state index contributed by atoms with van der Waals surface area (Å²) in [5, 5.41) is 21.9. The number of ether oxygens (including phenoxy) is 1. The third-order valence-electron chi connectivity index (χ3n) is 20.1. The zero-order chi connectivity index (χ0) is 69.5. The summed E-state index contributed by atoms with van der Waals surface area (Å²) in [6.45, 7) is 15.6. The number of methoxy groups -OCH3 is 1. The third kappa shape index (κ3) is 12.7. The number of fused-ring (bicyclic) bond motifs is 6. The van der Waals surface area contributed by atoms with Crippen LogP contribution in [0.5, 0.6) is 5.75 Å². The molecule has 16 heterocycles. The van der Waals surface area contributed by atoms with Crippen LogP contribution in [-0.2, 0) is 19.6 Å². The van der Waals surface area contributed by atoms with Gasteiger partial charge in [0.1, 0.15) is 28.9 Å². The van der Waals surface area contributed by atoms with E-state index in [1.165, 1.54) is 5.56 Å². The van der Waals surface area contributed by atoms with E-state index in [-0.39, 0.29) is 17.7 Å². The van der Waals surface area contributed by atoms with Crippen LogP contribution in [0.15, 0.2) is 147 Å². The fraction of sp³-hybridized carbons (Fsp3) is 0.263. The monoisotopic (exact) mass is 1360 g/mol. The quantitative estimate of drug-likeness (QED) is 0.0519. The first-order valence-electron chi connectivity index (χ1n) is 34.4. The molecule has 12 aromatic rings. The Balaban J connectivity index is 0.000000118. The van der Waals surface area contributed by atoms with Gasteiger partial charge in [-0.05, 0) is 94.3 Å². The average Bonchev–Trinajstić information content (AvgIpc) is 1.62. The molecule has 3 fully saturated rings. The van der Waals surface area contributed by atoms with Gasteiger partial charge >= 0.3 is 0 Å². The maximum Gasteiger partial charge on any atom is 0.254 e. The van der Waals surface area contributed by atoms with Gasteiger partial charge in [-0.2, -0.15) is 0 Å². The zero-order valence-corrected chi connectivity index (χ0v) is 57.4. The lowest BCUT2D eigenvalue weighted by Gasteiger charge is -2.33. The van der Waals surface area contributed by atoms with Crippen LogP contribution in [0, 0.1) is 6.92 Å². The second-order valence-corrected chi connectivity index (χ2v) is 26.6. The number of benzene rings is 2. The first kappa shape index (κ1) is 64.7. The summed E-state index contributed by atoms with van der Waals surface area (Å²) >= 11 is 0. The van der Waals surface area contributed by atoms with Crippen LogP contribution < -0.4 is 51.3 Å². The molecule has 10 aromatic heterocycles. The van der Waals surface area contributed by atoms with E-state index >= 15 is 0 Å². The predicted octanol–water partition coefficient (Wildman–Crippen LogP) is 9.80. The molecule has 0 aliphatic carbocycles. The molecule has 26 heteroatoms. The van der Waals surface area contributed by atoms with Crippen molar-refractivity contribution in [2.45, 2.75) is 26.6 Å². The number of H-pyrrole nitrogens is 3. The number of carbonyl (C=O) groups excluding carboxylic acids is 3. The van der Waals surface area contributed by atoms with E-state index in [9.17, 15) is 14.4 Å². The molecule has 0 bridgehead atoms. The van der Waals surface area contributed by atoms with E-state index in [0.29, 0.717) is 70.8 Å². The van der Waals surface area contributed by atoms with Crippen molar-refractivity contribution in [3.05, 3.63) is 186 Å². The first-order valence-corrected chi connectivity index (χ1v) is 34.4. The second kappa shape index (κ2) is 27.6. The minimum atomic E-state index is -0.113. The van der Waals surface area contributed by atoms with Gasteiger partial charge in [0.15, 0.2) is 0 Å². The van der Waals surface area contributed by atoms with Gasteiger partial charge in [-0.15, -0.1) is 0 Å². The van der Waals surface area contributed by atoms with Gasteiger partial charge in [-0.1, -0.05) is 24.3 Å². The summed E-state index contributed by atoms with van der Waals surface area (Å²) in [4.78, 5) is 94.6. The highest BCUT2D eigenvalue weighted by Gasteiger charge is 2.32. The van der Waals surface area contributed by atoms with E-state index in [1.807, 2.05) is 85.7 Å². The number of nitrogens with one attached hydrogen (secondary N) is 9. The summed E-state index contributed by atoms with van der Waals surface area (Å²) in [7, 11) is 8.09. The Morgan fingerprint density at radius 3 is 1.28 bits per heavy atom. The van der Waals surface area contributed by atoms with E-state index in [0.717, 1.165) is 185 Å². The summed E-state index contributed by atoms with van der Waals surface area (Å²) in [5.41, 5.74) is 19.1. The van der Waals surface area contributed by atoms with Gasteiger partial charge in [0.25, 0.3) is 17.7 Å². The molecular formula is C76H78N22O4. The number of hydrogen-bond donors (Lipinski definition) is 9. The Hall–Kier alpha value is -12.0. The van der Waals surface area contributed by atoms with Crippen molar-refractivity contribution < 1.29 is 19.1 Å². The molecule has 3 saturated heterocycles. The van der Waals surface area contributed by atoms with Crippen molar-refractivity contribution in [3.8, 4) is 39.5 Å². The number of carbonyl (C=O) groups is 3. The number of rotatable bonds is 13. The molecule has 2 aromatic carbocycles. The number of aromatic nitrogens is 10. The molecular weight excluding hydrogens is 1280 g/mol. The van der Waals surface area contributed by atoms with Crippen molar-refractivity contribution in [1.82, 2.24) is 80.5 Å². The number of aryl methyl sites for hydroxylation is 1. The molecule has 3 amide bonds. The number of aromatic amines is 3. The fourth-order valence-electron chi connectivity index (χ4n) is 14.3. The van der Waals surface area contributed by atoms with Crippen molar-refractivity contribution in [2.24, 2.45) is 0 Å². The topological polar surface area (TPSA) is 290 Å². The SMILES string of the molecule is CN1CCN(c2ccc(Nc3cnc(-c4c[nH]c5ncccc45)c4c3C(=O)NC4)nc2)CC1.COc1cccc2c(-c3ncc(Nc4ccc(N5CCN(C)CC5)cn4)c4c3CNC4=O)c[nH]c12.Cc1ccc2c(-c3ncc(Nc4ccc(N5CCN(C)CC5)cn4)c4c3CNC4=O)c[nH]c2c1. The lowest BCUT2D eigenvalue weighted by molar-refractivity contribution is 0.0958. The highest BCUT2D eigenvalue weighted by atomic mass is 16.5. The molecule has 26 nitrogen and oxygen atoms in total. The lowest BCUT2D eigenvalue weighted by Crippen LogP contribution is -2.44. The van der Waals surface area contributed by atoms with Crippen LogP contribution in [0.1, 0.15) is 53.3 Å². The molecule has 0 unspecified atom stereocenters. The number of para-hydroxylation sites is 1. The zero-order valence-electron chi connectivity index (χ0n) is 57.4. The molecule has 6 aliphatic rings. The minimum absolute atomic E-state index is 0.0918. The summed E-state index contributed by atoms with van der Waals surface area (Å²) in [6.07, 6.45) is 18.4. The highest BCUT2D eigenvalue weighted by molar-refractivity contribution is 6.09. The number of pyridine rings is 7. The summed E-state index contributed by atoms with van der Waals surface area (Å²) < 4.78 is 5.48. The Bertz CT molecular complexity index is 5140. The fourth-order valence-corrected chi connectivity index (χ4v) is 14.3. The number of hydrogen-bond acceptors (Lipinski definition) is 20. The lowest BCUT2D eigenvalue weighted by atomic mass is 10.0. The highest BCUT2D eigenvalue weighted by Crippen LogP contribution is 2.41. The van der Waals surface area contributed by atoms with Crippen LogP contribution in [0.4, 0.5) is 51.6 Å². The number of amides is 3. The largest absolute Gasteiger partial charge is 0.495 e. The molecule has 0 saturated carbocycles. The molecule has 102 heavy (non-hydrogen) atoms. The molecule has 6 aliphatic heterocycles. The van der Waals surface area contributed by atoms with Crippen LogP contribution in [0.2, 0.25) is 0 Å². The second-order valence-electron chi connectivity index (χ2n) is 26.6. The summed E-state index contributed by atoms with van der Waals surface area (Å²) in [6, 6.07) is 28.2. The van der Waals surface area contributed by atoms with Crippen LogP contribution in [0.3, 0.4) is 0 Å². The van der Waals surface area contributed by atoms with Gasteiger partial charge in [-0.25, -0.2) is 19.9 Å². The molecule has 18 rings (SSSR count). The van der Waals surface area contributed by atoms with Gasteiger partial charge in [0, 0.05) is 178 Å². The number of likely N-dealkylation sites (N-methyl/N-ethyl adjacent to an activating group) is 3. The number of nitrogens with zero attached hydrogens (tertiary/aromatic N) is 13.